The number of piperidine rings is 1. The fourth-order valence-corrected chi connectivity index (χ4v) is 4.86. The summed E-state index contributed by atoms with van der Waals surface area (Å²) in [6, 6.07) is 0. The summed E-state index contributed by atoms with van der Waals surface area (Å²) < 4.78 is 8.11. The first kappa shape index (κ1) is 17.0. The number of quaternary nitrogens is 2. The summed E-state index contributed by atoms with van der Waals surface area (Å²) in [6.07, 6.45) is 5.97. The predicted octanol–water partition coefficient (Wildman–Crippen LogP) is -1.27. The summed E-state index contributed by atoms with van der Waals surface area (Å²) in [4.78, 5) is 0. The van der Waals surface area contributed by atoms with E-state index in [0.29, 0.717) is 0 Å². The number of hydrogen-bond donors (Lipinski definition) is 0. The molecule has 3 nitrogen and oxygen atoms in total. The fraction of sp³-hybridized carbons (Fsp3) is 1.00. The topological polar surface area (TPSA) is 9.23 Å². The van der Waals surface area contributed by atoms with Gasteiger partial charge in [-0.25, -0.2) is 0 Å². The Bertz CT molecular complexity index is 306. The van der Waals surface area contributed by atoms with Gasteiger partial charge in [0.15, 0.2) is 0 Å². The van der Waals surface area contributed by atoms with Gasteiger partial charge in [-0.3, -0.25) is 0 Å². The van der Waals surface area contributed by atoms with Crippen LogP contribution in [0.4, 0.5) is 0 Å². The van der Waals surface area contributed by atoms with Crippen LogP contribution < -0.4 is 24.0 Å². The lowest BCUT2D eigenvalue weighted by Crippen LogP contribution is -3.00. The number of rotatable bonds is 4. The van der Waals surface area contributed by atoms with Crippen LogP contribution >= 0.6 is 0 Å². The quantitative estimate of drug-likeness (QED) is 0.427. The minimum Gasteiger partial charge on any atom is -1.00 e. The summed E-state index contributed by atoms with van der Waals surface area (Å²) >= 11 is 0. The van der Waals surface area contributed by atoms with Gasteiger partial charge < -0.3 is 37.7 Å². The molecule has 2 unspecified atom stereocenters. The first-order chi connectivity index (χ1) is 9.07. The zero-order chi connectivity index (χ0) is 13.3. The van der Waals surface area contributed by atoms with E-state index in [1.165, 1.54) is 67.5 Å². The molecule has 0 spiro atoms. The van der Waals surface area contributed by atoms with Gasteiger partial charge in [0.2, 0.25) is 0 Å². The highest BCUT2D eigenvalue weighted by Crippen LogP contribution is 2.39. The van der Waals surface area contributed by atoms with Gasteiger partial charge >= 0.3 is 0 Å². The molecule has 118 valence electrons. The molecule has 0 amide bonds. The minimum atomic E-state index is 0. The summed E-state index contributed by atoms with van der Waals surface area (Å²) in [7, 11) is 4.94. The van der Waals surface area contributed by atoms with Crippen molar-refractivity contribution in [1.29, 1.82) is 0 Å². The van der Waals surface area contributed by atoms with Gasteiger partial charge in [-0.1, -0.05) is 0 Å². The number of halogens is 1. The molecule has 0 aromatic carbocycles. The van der Waals surface area contributed by atoms with E-state index in [-0.39, 0.29) is 24.0 Å². The number of likely N-dealkylation sites (tertiary alicyclic amines) is 1. The van der Waals surface area contributed by atoms with Crippen LogP contribution in [0.2, 0.25) is 0 Å². The van der Waals surface area contributed by atoms with Crippen molar-refractivity contribution in [2.45, 2.75) is 25.7 Å². The number of nitrogens with zero attached hydrogens (tertiary/aromatic N) is 2. The van der Waals surface area contributed by atoms with Crippen molar-refractivity contribution < 1.29 is 37.7 Å². The molecule has 2 saturated heterocycles. The molecule has 1 saturated carbocycles. The zero-order valence-electron chi connectivity index (χ0n) is 13.3. The van der Waals surface area contributed by atoms with Crippen LogP contribution in [0.1, 0.15) is 25.7 Å². The Kier molecular flexibility index (Phi) is 5.77. The van der Waals surface area contributed by atoms with Crippen molar-refractivity contribution >= 4 is 0 Å². The minimum absolute atomic E-state index is 0. The number of morpholine rings is 1. The molecule has 2 bridgehead atoms. The van der Waals surface area contributed by atoms with E-state index < -0.39 is 0 Å². The average molecular weight is 395 g/mol. The largest absolute Gasteiger partial charge is 1.00 e. The number of fused-ring (bicyclic) bond motifs is 2. The molecular formula is C16H32IN2O+. The second-order valence-electron chi connectivity index (χ2n) is 8.01. The maximum atomic E-state index is 5.50. The van der Waals surface area contributed by atoms with Crippen LogP contribution in [0.3, 0.4) is 0 Å². The van der Waals surface area contributed by atoms with E-state index in [4.69, 9.17) is 4.74 Å². The Hall–Kier alpha value is 0.610. The third-order valence-corrected chi connectivity index (χ3v) is 5.99. The summed E-state index contributed by atoms with van der Waals surface area (Å²) in [6.45, 7) is 10.0. The Morgan fingerprint density at radius 3 is 2.05 bits per heavy atom. The van der Waals surface area contributed by atoms with Gasteiger partial charge in [0.1, 0.15) is 13.1 Å². The molecule has 3 aliphatic rings. The SMILES string of the molecule is C[N+]1(CCC[N+]2(C)CC3CCC(C3)C2)CCOCC1.[I-]. The van der Waals surface area contributed by atoms with Crippen molar-refractivity contribution in [2.24, 2.45) is 11.8 Å². The standard InChI is InChI=1S/C16H32N2O.HI/c1-17(8-10-19-11-9-17)6-3-7-18(2)13-15-4-5-16(12-15)14-18;/h15-16H,3-14H2,1-2H3;1H/q+2;/p-1. The van der Waals surface area contributed by atoms with Gasteiger partial charge in [-0.05, 0) is 19.3 Å². The van der Waals surface area contributed by atoms with Crippen LogP contribution in [0, 0.1) is 11.8 Å². The molecule has 0 radical (unpaired) electrons. The molecular weight excluding hydrogens is 363 g/mol. The van der Waals surface area contributed by atoms with Gasteiger partial charge in [0.25, 0.3) is 0 Å². The molecule has 1 aliphatic carbocycles. The van der Waals surface area contributed by atoms with E-state index in [1.54, 1.807) is 6.42 Å². The van der Waals surface area contributed by atoms with Crippen LogP contribution in [-0.2, 0) is 4.74 Å². The van der Waals surface area contributed by atoms with Crippen LogP contribution in [-0.4, -0.2) is 75.5 Å². The molecule has 0 aromatic rings. The van der Waals surface area contributed by atoms with Crippen LogP contribution in [0.15, 0.2) is 0 Å². The molecule has 3 fully saturated rings. The van der Waals surface area contributed by atoms with Crippen molar-refractivity contribution in [2.75, 3.05) is 66.6 Å². The van der Waals surface area contributed by atoms with Crippen molar-refractivity contribution in [3.63, 3.8) is 0 Å². The first-order valence-electron chi connectivity index (χ1n) is 8.32. The lowest BCUT2D eigenvalue weighted by molar-refractivity contribution is -0.936. The predicted molar refractivity (Wildman–Crippen MR) is 77.8 cm³/mol. The van der Waals surface area contributed by atoms with E-state index in [2.05, 4.69) is 14.1 Å². The average Bonchev–Trinajstić information content (AvgIpc) is 2.70. The van der Waals surface area contributed by atoms with E-state index in [0.717, 1.165) is 25.0 Å². The van der Waals surface area contributed by atoms with E-state index in [1.807, 2.05) is 0 Å². The van der Waals surface area contributed by atoms with Crippen LogP contribution in [0.25, 0.3) is 0 Å². The third kappa shape index (κ3) is 4.08. The zero-order valence-corrected chi connectivity index (χ0v) is 15.5. The molecule has 2 heterocycles. The Morgan fingerprint density at radius 2 is 1.45 bits per heavy atom. The molecule has 4 heteroatoms. The molecule has 2 atom stereocenters. The molecule has 0 aromatic heterocycles. The number of likely N-dealkylation sites (N-methyl/N-ethyl adjacent to an activating group) is 1. The lowest BCUT2D eigenvalue weighted by Gasteiger charge is -2.43. The second-order valence-corrected chi connectivity index (χ2v) is 8.01. The highest BCUT2D eigenvalue weighted by molar-refractivity contribution is 4.79. The summed E-state index contributed by atoms with van der Waals surface area (Å²) in [5.74, 6) is 2.11. The maximum Gasteiger partial charge on any atom is 0.102 e. The van der Waals surface area contributed by atoms with Gasteiger partial charge in [0, 0.05) is 18.3 Å². The molecule has 2 aliphatic heterocycles. The monoisotopic (exact) mass is 395 g/mol. The lowest BCUT2D eigenvalue weighted by atomic mass is 9.96. The summed E-state index contributed by atoms with van der Waals surface area (Å²) in [5.41, 5.74) is 0. The second kappa shape index (κ2) is 6.80. The van der Waals surface area contributed by atoms with Gasteiger partial charge in [-0.2, -0.15) is 0 Å². The fourth-order valence-electron chi connectivity index (χ4n) is 4.86. The third-order valence-electron chi connectivity index (χ3n) is 5.99. The Balaban J connectivity index is 0.00000147. The molecule has 3 rings (SSSR count). The van der Waals surface area contributed by atoms with Crippen molar-refractivity contribution in [1.82, 2.24) is 0 Å². The van der Waals surface area contributed by atoms with E-state index >= 15 is 0 Å². The maximum absolute atomic E-state index is 5.50. The van der Waals surface area contributed by atoms with Crippen LogP contribution in [0.5, 0.6) is 0 Å². The number of hydrogen-bond acceptors (Lipinski definition) is 1. The summed E-state index contributed by atoms with van der Waals surface area (Å²) in [5, 5.41) is 0. The first-order valence-corrected chi connectivity index (χ1v) is 8.32. The Labute approximate surface area is 141 Å². The Morgan fingerprint density at radius 1 is 0.900 bits per heavy atom. The highest BCUT2D eigenvalue weighted by atomic mass is 127. The van der Waals surface area contributed by atoms with Gasteiger partial charge in [-0.15, -0.1) is 0 Å². The van der Waals surface area contributed by atoms with Crippen molar-refractivity contribution in [3.8, 4) is 0 Å². The highest BCUT2D eigenvalue weighted by Gasteiger charge is 2.41. The van der Waals surface area contributed by atoms with Crippen molar-refractivity contribution in [3.05, 3.63) is 0 Å². The normalized spacial score (nSPS) is 39.3. The number of ether oxygens (including phenoxy) is 1. The van der Waals surface area contributed by atoms with Gasteiger partial charge in [0.05, 0.1) is 53.5 Å². The smallest absolute Gasteiger partial charge is 0.102 e. The molecule has 20 heavy (non-hydrogen) atoms. The van der Waals surface area contributed by atoms with E-state index in [9.17, 15) is 0 Å². The molecule has 0 N–H and O–H groups in total.